The van der Waals surface area contributed by atoms with Gasteiger partial charge in [-0.1, -0.05) is 17.7 Å². The largest absolute Gasteiger partial charge is 0.496 e. The molecule has 5 nitrogen and oxygen atoms in total. The van der Waals surface area contributed by atoms with Crippen LogP contribution in [0.3, 0.4) is 0 Å². The van der Waals surface area contributed by atoms with Crippen LogP contribution < -0.4 is 15.8 Å². The molecule has 3 N–H and O–H groups in total. The lowest BCUT2D eigenvalue weighted by Crippen LogP contribution is -2.48. The molecule has 0 aromatic heterocycles. The molecule has 1 fully saturated rings. The van der Waals surface area contributed by atoms with E-state index in [1.807, 2.05) is 19.9 Å². The summed E-state index contributed by atoms with van der Waals surface area (Å²) in [6, 6.07) is 3.63. The van der Waals surface area contributed by atoms with Gasteiger partial charge in [0, 0.05) is 31.7 Å². The number of methoxy groups -OCH3 is 1. The van der Waals surface area contributed by atoms with Crippen molar-refractivity contribution in [2.24, 2.45) is 5.73 Å². The highest BCUT2D eigenvalue weighted by Gasteiger charge is 2.30. The molecule has 1 aliphatic heterocycles. The highest BCUT2D eigenvalue weighted by atomic mass is 16.5. The summed E-state index contributed by atoms with van der Waals surface area (Å²) in [5.74, 6) is 0.438. The van der Waals surface area contributed by atoms with Gasteiger partial charge >= 0.3 is 0 Å². The predicted molar refractivity (Wildman–Crippen MR) is 78.8 cm³/mol. The van der Waals surface area contributed by atoms with E-state index in [1.54, 1.807) is 7.11 Å². The molecule has 0 radical (unpaired) electrons. The van der Waals surface area contributed by atoms with Crippen LogP contribution >= 0.6 is 0 Å². The van der Waals surface area contributed by atoms with Crippen molar-refractivity contribution in [3.63, 3.8) is 0 Å². The SMILES string of the molecule is COc1c(C)cc(C)cc1C(C(N)=O)N1CCNCC1. The maximum atomic E-state index is 12.0. The predicted octanol–water partition coefficient (Wildman–Crippen LogP) is 0.744. The summed E-state index contributed by atoms with van der Waals surface area (Å²) in [5.41, 5.74) is 8.68. The van der Waals surface area contributed by atoms with Crippen molar-refractivity contribution in [3.8, 4) is 5.75 Å². The Morgan fingerprint density at radius 3 is 2.55 bits per heavy atom. The molecule has 1 aliphatic rings. The fraction of sp³-hybridized carbons (Fsp3) is 0.533. The van der Waals surface area contributed by atoms with E-state index in [4.69, 9.17) is 10.5 Å². The number of ether oxygens (including phenoxy) is 1. The molecule has 1 aromatic carbocycles. The number of nitrogens with zero attached hydrogens (tertiary/aromatic N) is 1. The molecule has 1 saturated heterocycles. The summed E-state index contributed by atoms with van der Waals surface area (Å²) in [4.78, 5) is 14.1. The molecular formula is C15H23N3O2. The number of primary amides is 1. The number of nitrogens with one attached hydrogen (secondary N) is 1. The molecule has 110 valence electrons. The number of piperazine rings is 1. The van der Waals surface area contributed by atoms with Crippen LogP contribution in [-0.2, 0) is 4.79 Å². The van der Waals surface area contributed by atoms with Crippen molar-refractivity contribution in [1.82, 2.24) is 10.2 Å². The number of benzene rings is 1. The van der Waals surface area contributed by atoms with Gasteiger partial charge in [0.05, 0.1) is 7.11 Å². The first kappa shape index (κ1) is 14.8. The Balaban J connectivity index is 2.45. The van der Waals surface area contributed by atoms with Crippen LogP contribution in [0, 0.1) is 13.8 Å². The quantitative estimate of drug-likeness (QED) is 0.852. The number of carbonyl (C=O) groups is 1. The average molecular weight is 277 g/mol. The molecule has 1 atom stereocenters. The van der Waals surface area contributed by atoms with E-state index >= 15 is 0 Å². The van der Waals surface area contributed by atoms with E-state index in [0.717, 1.165) is 48.6 Å². The Morgan fingerprint density at radius 2 is 2.00 bits per heavy atom. The van der Waals surface area contributed by atoms with E-state index in [1.165, 1.54) is 0 Å². The first-order valence-electron chi connectivity index (χ1n) is 6.93. The number of hydrogen-bond acceptors (Lipinski definition) is 4. The first-order chi connectivity index (χ1) is 9.54. The molecule has 20 heavy (non-hydrogen) atoms. The molecule has 1 amide bonds. The van der Waals surface area contributed by atoms with Gasteiger partial charge in [-0.05, 0) is 19.4 Å². The molecule has 5 heteroatoms. The van der Waals surface area contributed by atoms with Crippen LogP contribution in [0.4, 0.5) is 0 Å². The van der Waals surface area contributed by atoms with Gasteiger partial charge in [-0.2, -0.15) is 0 Å². The van der Waals surface area contributed by atoms with Crippen LogP contribution in [-0.4, -0.2) is 44.1 Å². The summed E-state index contributed by atoms with van der Waals surface area (Å²) < 4.78 is 5.50. The van der Waals surface area contributed by atoms with Crippen LogP contribution in [0.5, 0.6) is 5.75 Å². The Labute approximate surface area is 120 Å². The van der Waals surface area contributed by atoms with E-state index in [0.29, 0.717) is 0 Å². The zero-order chi connectivity index (χ0) is 14.7. The third-order valence-electron chi connectivity index (χ3n) is 3.73. The minimum absolute atomic E-state index is 0.324. The van der Waals surface area contributed by atoms with Crippen LogP contribution in [0.1, 0.15) is 22.7 Å². The van der Waals surface area contributed by atoms with Crippen molar-refractivity contribution >= 4 is 5.91 Å². The lowest BCUT2D eigenvalue weighted by Gasteiger charge is -2.34. The first-order valence-corrected chi connectivity index (χ1v) is 6.93. The van der Waals surface area contributed by atoms with E-state index in [9.17, 15) is 4.79 Å². The van der Waals surface area contributed by atoms with Gasteiger partial charge in [-0.3, -0.25) is 9.69 Å². The normalized spacial score (nSPS) is 17.8. The molecule has 2 rings (SSSR count). The highest BCUT2D eigenvalue weighted by Crippen LogP contribution is 2.33. The number of carbonyl (C=O) groups excluding carboxylic acids is 1. The monoisotopic (exact) mass is 277 g/mol. The highest BCUT2D eigenvalue weighted by molar-refractivity contribution is 5.82. The molecule has 0 aliphatic carbocycles. The average Bonchev–Trinajstić information content (AvgIpc) is 2.39. The third-order valence-corrected chi connectivity index (χ3v) is 3.73. The number of amides is 1. The van der Waals surface area contributed by atoms with Crippen molar-refractivity contribution in [1.29, 1.82) is 0 Å². The number of nitrogens with two attached hydrogens (primary N) is 1. The second kappa shape index (κ2) is 6.24. The Kier molecular flexibility index (Phi) is 4.62. The van der Waals surface area contributed by atoms with Gasteiger partial charge in [0.2, 0.25) is 5.91 Å². The fourth-order valence-electron chi connectivity index (χ4n) is 2.94. The van der Waals surface area contributed by atoms with Crippen molar-refractivity contribution in [3.05, 3.63) is 28.8 Å². The summed E-state index contributed by atoms with van der Waals surface area (Å²) in [5, 5.41) is 3.29. The van der Waals surface area contributed by atoms with Gasteiger partial charge in [0.1, 0.15) is 11.8 Å². The Bertz CT molecular complexity index is 496. The van der Waals surface area contributed by atoms with Crippen molar-refractivity contribution < 1.29 is 9.53 Å². The Morgan fingerprint density at radius 1 is 1.35 bits per heavy atom. The third kappa shape index (κ3) is 2.94. The Hall–Kier alpha value is -1.59. The molecule has 0 bridgehead atoms. The molecule has 1 aromatic rings. The summed E-state index contributed by atoms with van der Waals surface area (Å²) in [7, 11) is 1.64. The zero-order valence-electron chi connectivity index (χ0n) is 12.4. The molecular weight excluding hydrogens is 254 g/mol. The smallest absolute Gasteiger partial charge is 0.239 e. The molecule has 0 saturated carbocycles. The van der Waals surface area contributed by atoms with Crippen molar-refractivity contribution in [2.45, 2.75) is 19.9 Å². The topological polar surface area (TPSA) is 67.6 Å². The van der Waals surface area contributed by atoms with E-state index in [2.05, 4.69) is 16.3 Å². The minimum atomic E-state index is -0.425. The van der Waals surface area contributed by atoms with E-state index < -0.39 is 6.04 Å². The summed E-state index contributed by atoms with van der Waals surface area (Å²) in [6.07, 6.45) is 0. The van der Waals surface area contributed by atoms with E-state index in [-0.39, 0.29) is 5.91 Å². The van der Waals surface area contributed by atoms with Gasteiger partial charge in [-0.25, -0.2) is 0 Å². The van der Waals surface area contributed by atoms with Crippen LogP contribution in [0.2, 0.25) is 0 Å². The molecule has 0 spiro atoms. The lowest BCUT2D eigenvalue weighted by atomic mass is 9.97. The minimum Gasteiger partial charge on any atom is -0.496 e. The van der Waals surface area contributed by atoms with Crippen LogP contribution in [0.25, 0.3) is 0 Å². The number of hydrogen-bond donors (Lipinski definition) is 2. The molecule has 1 heterocycles. The maximum absolute atomic E-state index is 12.0. The lowest BCUT2D eigenvalue weighted by molar-refractivity contribution is -0.123. The number of aryl methyl sites for hydroxylation is 2. The fourth-order valence-corrected chi connectivity index (χ4v) is 2.94. The van der Waals surface area contributed by atoms with Crippen molar-refractivity contribution in [2.75, 3.05) is 33.3 Å². The molecule has 1 unspecified atom stereocenters. The number of rotatable bonds is 4. The zero-order valence-corrected chi connectivity index (χ0v) is 12.4. The second-order valence-corrected chi connectivity index (χ2v) is 5.30. The van der Waals surface area contributed by atoms with Gasteiger partial charge in [-0.15, -0.1) is 0 Å². The van der Waals surface area contributed by atoms with Gasteiger partial charge in [0.25, 0.3) is 0 Å². The van der Waals surface area contributed by atoms with Gasteiger partial charge in [0.15, 0.2) is 0 Å². The van der Waals surface area contributed by atoms with Crippen LogP contribution in [0.15, 0.2) is 12.1 Å². The standard InChI is InChI=1S/C15H23N3O2/c1-10-8-11(2)14(20-3)12(9-10)13(15(16)19)18-6-4-17-5-7-18/h8-9,13,17H,4-7H2,1-3H3,(H2,16,19). The summed E-state index contributed by atoms with van der Waals surface area (Å²) in [6.45, 7) is 7.37. The maximum Gasteiger partial charge on any atom is 0.239 e. The summed E-state index contributed by atoms with van der Waals surface area (Å²) >= 11 is 0. The van der Waals surface area contributed by atoms with Gasteiger partial charge < -0.3 is 15.8 Å². The second-order valence-electron chi connectivity index (χ2n) is 5.30.